The van der Waals surface area contributed by atoms with Gasteiger partial charge in [0, 0.05) is 32.7 Å². The number of carbonyl (C=O) groups excluding carboxylic acids is 2. The first-order valence-corrected chi connectivity index (χ1v) is 9.25. The number of benzene rings is 1. The molecule has 1 N–H and O–H groups in total. The zero-order valence-corrected chi connectivity index (χ0v) is 15.5. The Labute approximate surface area is 158 Å². The van der Waals surface area contributed by atoms with Gasteiger partial charge in [-0.05, 0) is 34.5 Å². The maximum absolute atomic E-state index is 12.5. The highest BCUT2D eigenvalue weighted by Gasteiger charge is 2.22. The Morgan fingerprint density at radius 1 is 1.11 bits per heavy atom. The standard InChI is InChI=1S/C18H25N7O2/c1-2-7-19-17(26)13-23-8-10-24(11-9-23)18(27)12-15-3-5-16(6-4-15)25-14-20-21-22-25/h3-6,14H,2,7-13H2,1H3,(H,19,26). The first-order chi connectivity index (χ1) is 13.2. The van der Waals surface area contributed by atoms with Gasteiger partial charge in [-0.15, -0.1) is 5.10 Å². The van der Waals surface area contributed by atoms with Crippen LogP contribution in [-0.4, -0.2) is 81.1 Å². The largest absolute Gasteiger partial charge is 0.355 e. The number of aromatic nitrogens is 4. The Kier molecular flexibility index (Phi) is 6.48. The fourth-order valence-corrected chi connectivity index (χ4v) is 3.01. The van der Waals surface area contributed by atoms with Gasteiger partial charge in [0.2, 0.25) is 11.8 Å². The molecule has 1 aliphatic heterocycles. The molecule has 0 unspecified atom stereocenters. The molecule has 1 fully saturated rings. The zero-order valence-electron chi connectivity index (χ0n) is 15.5. The van der Waals surface area contributed by atoms with Crippen LogP contribution in [0.3, 0.4) is 0 Å². The number of tetrazole rings is 1. The first kappa shape index (κ1) is 19.0. The molecule has 3 rings (SSSR count). The van der Waals surface area contributed by atoms with Crippen LogP contribution in [0, 0.1) is 0 Å². The molecule has 0 radical (unpaired) electrons. The topological polar surface area (TPSA) is 96.2 Å². The molecule has 2 heterocycles. The van der Waals surface area contributed by atoms with Crippen molar-refractivity contribution in [2.45, 2.75) is 19.8 Å². The van der Waals surface area contributed by atoms with Crippen LogP contribution in [0.1, 0.15) is 18.9 Å². The minimum Gasteiger partial charge on any atom is -0.355 e. The van der Waals surface area contributed by atoms with Crippen molar-refractivity contribution in [2.24, 2.45) is 0 Å². The third-order valence-corrected chi connectivity index (χ3v) is 4.57. The summed E-state index contributed by atoms with van der Waals surface area (Å²) in [5, 5.41) is 14.0. The van der Waals surface area contributed by atoms with Crippen molar-refractivity contribution in [3.8, 4) is 5.69 Å². The highest BCUT2D eigenvalue weighted by atomic mass is 16.2. The average molecular weight is 371 g/mol. The Hall–Kier alpha value is -2.81. The molecule has 0 bridgehead atoms. The Balaban J connectivity index is 1.45. The van der Waals surface area contributed by atoms with Gasteiger partial charge >= 0.3 is 0 Å². The molecule has 9 nitrogen and oxygen atoms in total. The number of hydrogen-bond donors (Lipinski definition) is 1. The van der Waals surface area contributed by atoms with Crippen molar-refractivity contribution in [3.63, 3.8) is 0 Å². The lowest BCUT2D eigenvalue weighted by molar-refractivity contribution is -0.132. The number of nitrogens with zero attached hydrogens (tertiary/aromatic N) is 6. The molecule has 2 amide bonds. The van der Waals surface area contributed by atoms with E-state index in [0.29, 0.717) is 32.6 Å². The van der Waals surface area contributed by atoms with Crippen LogP contribution in [0.5, 0.6) is 0 Å². The van der Waals surface area contributed by atoms with Crippen molar-refractivity contribution in [1.29, 1.82) is 0 Å². The number of piperazine rings is 1. The van der Waals surface area contributed by atoms with E-state index in [1.807, 2.05) is 36.1 Å². The lowest BCUT2D eigenvalue weighted by atomic mass is 10.1. The van der Waals surface area contributed by atoms with E-state index in [1.165, 1.54) is 6.33 Å². The van der Waals surface area contributed by atoms with E-state index in [0.717, 1.165) is 30.8 Å². The quantitative estimate of drug-likeness (QED) is 0.729. The van der Waals surface area contributed by atoms with Crippen molar-refractivity contribution in [1.82, 2.24) is 35.3 Å². The molecule has 1 aliphatic rings. The summed E-state index contributed by atoms with van der Waals surface area (Å²) >= 11 is 0. The van der Waals surface area contributed by atoms with Gasteiger partial charge in [0.05, 0.1) is 18.7 Å². The minimum absolute atomic E-state index is 0.0549. The number of rotatable bonds is 7. The molecule has 144 valence electrons. The Morgan fingerprint density at radius 2 is 1.85 bits per heavy atom. The molecule has 0 spiro atoms. The van der Waals surface area contributed by atoms with E-state index in [2.05, 4.69) is 25.7 Å². The fourth-order valence-electron chi connectivity index (χ4n) is 3.01. The second kappa shape index (κ2) is 9.22. The van der Waals surface area contributed by atoms with E-state index in [-0.39, 0.29) is 11.8 Å². The molecular weight excluding hydrogens is 346 g/mol. The monoisotopic (exact) mass is 371 g/mol. The summed E-state index contributed by atoms with van der Waals surface area (Å²) in [4.78, 5) is 28.3. The van der Waals surface area contributed by atoms with E-state index >= 15 is 0 Å². The van der Waals surface area contributed by atoms with E-state index in [9.17, 15) is 9.59 Å². The maximum atomic E-state index is 12.5. The Bertz CT molecular complexity index is 738. The zero-order chi connectivity index (χ0) is 19.1. The van der Waals surface area contributed by atoms with Gasteiger partial charge in [0.15, 0.2) is 0 Å². The summed E-state index contributed by atoms with van der Waals surface area (Å²) in [7, 11) is 0. The van der Waals surface area contributed by atoms with Gasteiger partial charge < -0.3 is 10.2 Å². The predicted octanol–water partition coefficient (Wildman–Crippen LogP) is -0.125. The van der Waals surface area contributed by atoms with Crippen LogP contribution in [0.2, 0.25) is 0 Å². The van der Waals surface area contributed by atoms with Crippen LogP contribution in [-0.2, 0) is 16.0 Å². The van der Waals surface area contributed by atoms with Crippen molar-refractivity contribution in [2.75, 3.05) is 39.3 Å². The van der Waals surface area contributed by atoms with E-state index < -0.39 is 0 Å². The van der Waals surface area contributed by atoms with Gasteiger partial charge in [-0.1, -0.05) is 19.1 Å². The molecule has 0 atom stereocenters. The third-order valence-electron chi connectivity index (χ3n) is 4.57. The first-order valence-electron chi connectivity index (χ1n) is 9.25. The molecule has 9 heteroatoms. The van der Waals surface area contributed by atoms with Crippen LogP contribution in [0.15, 0.2) is 30.6 Å². The minimum atomic E-state index is 0.0549. The van der Waals surface area contributed by atoms with Gasteiger partial charge in [-0.2, -0.15) is 0 Å². The predicted molar refractivity (Wildman–Crippen MR) is 99.2 cm³/mol. The summed E-state index contributed by atoms with van der Waals surface area (Å²) in [6.45, 7) is 5.91. The molecule has 2 aromatic rings. The van der Waals surface area contributed by atoms with E-state index in [4.69, 9.17) is 0 Å². The lowest BCUT2D eigenvalue weighted by Crippen LogP contribution is -2.51. The Morgan fingerprint density at radius 3 is 2.48 bits per heavy atom. The van der Waals surface area contributed by atoms with Crippen LogP contribution in [0.25, 0.3) is 5.69 Å². The molecule has 1 aromatic carbocycles. The number of amides is 2. The summed E-state index contributed by atoms with van der Waals surface area (Å²) < 4.78 is 1.57. The van der Waals surface area contributed by atoms with Crippen LogP contribution >= 0.6 is 0 Å². The SMILES string of the molecule is CCCNC(=O)CN1CCN(C(=O)Cc2ccc(-n3cnnn3)cc2)CC1. The van der Waals surface area contributed by atoms with Crippen molar-refractivity contribution in [3.05, 3.63) is 36.2 Å². The summed E-state index contributed by atoms with van der Waals surface area (Å²) in [5.74, 6) is 0.166. The highest BCUT2D eigenvalue weighted by molar-refractivity contribution is 5.79. The van der Waals surface area contributed by atoms with Crippen molar-refractivity contribution < 1.29 is 9.59 Å². The molecular formula is C18H25N7O2. The number of nitrogens with one attached hydrogen (secondary N) is 1. The summed E-state index contributed by atoms with van der Waals surface area (Å²) in [6, 6.07) is 7.63. The van der Waals surface area contributed by atoms with Gasteiger partial charge in [0.25, 0.3) is 0 Å². The molecule has 1 aromatic heterocycles. The van der Waals surface area contributed by atoms with Gasteiger partial charge in [-0.25, -0.2) is 4.68 Å². The maximum Gasteiger partial charge on any atom is 0.234 e. The molecule has 0 saturated carbocycles. The lowest BCUT2D eigenvalue weighted by Gasteiger charge is -2.34. The van der Waals surface area contributed by atoms with E-state index in [1.54, 1.807) is 4.68 Å². The van der Waals surface area contributed by atoms with Gasteiger partial charge in [-0.3, -0.25) is 14.5 Å². The number of hydrogen-bond acceptors (Lipinski definition) is 6. The van der Waals surface area contributed by atoms with Crippen LogP contribution < -0.4 is 5.32 Å². The van der Waals surface area contributed by atoms with Crippen LogP contribution in [0.4, 0.5) is 0 Å². The third kappa shape index (κ3) is 5.33. The molecule has 0 aliphatic carbocycles. The average Bonchev–Trinajstić information content (AvgIpc) is 3.22. The summed E-state index contributed by atoms with van der Waals surface area (Å²) in [5.41, 5.74) is 1.81. The highest BCUT2D eigenvalue weighted by Crippen LogP contribution is 2.11. The summed E-state index contributed by atoms with van der Waals surface area (Å²) in [6.07, 6.45) is 2.83. The normalized spacial score (nSPS) is 14.9. The second-order valence-electron chi connectivity index (χ2n) is 6.60. The smallest absolute Gasteiger partial charge is 0.234 e. The second-order valence-corrected chi connectivity index (χ2v) is 6.60. The molecule has 27 heavy (non-hydrogen) atoms. The number of carbonyl (C=O) groups is 2. The molecule has 1 saturated heterocycles. The fraction of sp³-hybridized carbons (Fsp3) is 0.500. The van der Waals surface area contributed by atoms with Crippen molar-refractivity contribution >= 4 is 11.8 Å². The van der Waals surface area contributed by atoms with Gasteiger partial charge in [0.1, 0.15) is 6.33 Å².